The van der Waals surface area contributed by atoms with Gasteiger partial charge in [0.25, 0.3) is 0 Å². The van der Waals surface area contributed by atoms with Crippen LogP contribution in [0.3, 0.4) is 0 Å². The number of imidazole rings is 1. The third-order valence-corrected chi connectivity index (χ3v) is 1.56. The van der Waals surface area contributed by atoms with Crippen LogP contribution >= 0.6 is 0 Å². The molecule has 1 aromatic heterocycles. The Morgan fingerprint density at radius 1 is 1.91 bits per heavy atom. The number of hydrogen-bond acceptors (Lipinski definition) is 1. The highest BCUT2D eigenvalue weighted by molar-refractivity contribution is 4.90. The predicted molar refractivity (Wildman–Crippen MR) is 43.2 cm³/mol. The second kappa shape index (κ2) is 3.11. The molecule has 0 amide bonds. The minimum atomic E-state index is -0.104. The summed E-state index contributed by atoms with van der Waals surface area (Å²) in [7, 11) is 0. The Hall–Kier alpha value is -1.43. The zero-order valence-electron chi connectivity index (χ0n) is 6.37. The van der Waals surface area contributed by atoms with Gasteiger partial charge in [-0.25, -0.2) is 4.79 Å². The molecule has 0 aliphatic heterocycles. The summed E-state index contributed by atoms with van der Waals surface area (Å²) in [5, 5.41) is 0. The summed E-state index contributed by atoms with van der Waals surface area (Å²) in [4.78, 5) is 13.5. The lowest BCUT2D eigenvalue weighted by atomic mass is 10.2. The van der Waals surface area contributed by atoms with Gasteiger partial charge in [-0.15, -0.1) is 12.3 Å². The number of nitrogens with one attached hydrogen (secondary N) is 1. The molecule has 1 heterocycles. The van der Waals surface area contributed by atoms with Gasteiger partial charge >= 0.3 is 5.69 Å². The van der Waals surface area contributed by atoms with E-state index in [1.54, 1.807) is 17.0 Å². The van der Waals surface area contributed by atoms with Gasteiger partial charge < -0.3 is 4.98 Å². The van der Waals surface area contributed by atoms with Crippen molar-refractivity contribution < 1.29 is 0 Å². The van der Waals surface area contributed by atoms with E-state index in [1.807, 2.05) is 6.92 Å². The van der Waals surface area contributed by atoms with Gasteiger partial charge in [0.2, 0.25) is 0 Å². The Labute approximate surface area is 65.1 Å². The number of nitrogens with zero attached hydrogens (tertiary/aromatic N) is 1. The Bertz CT molecular complexity index is 315. The lowest BCUT2D eigenvalue weighted by Crippen LogP contribution is -2.19. The predicted octanol–water partition coefficient (Wildman–Crippen LogP) is 0.761. The Balaban J connectivity index is 2.86. The van der Waals surface area contributed by atoms with Crippen LogP contribution in [0.4, 0.5) is 0 Å². The van der Waals surface area contributed by atoms with Crippen molar-refractivity contribution in [2.24, 2.45) is 0 Å². The highest BCUT2D eigenvalue weighted by Crippen LogP contribution is 2.04. The van der Waals surface area contributed by atoms with E-state index < -0.39 is 0 Å². The maximum absolute atomic E-state index is 11.0. The van der Waals surface area contributed by atoms with Gasteiger partial charge in [0.05, 0.1) is 0 Å². The lowest BCUT2D eigenvalue weighted by molar-refractivity contribution is 0.545. The summed E-state index contributed by atoms with van der Waals surface area (Å²) in [6.45, 7) is 1.91. The van der Waals surface area contributed by atoms with E-state index in [2.05, 4.69) is 10.9 Å². The first-order valence-electron chi connectivity index (χ1n) is 3.44. The molecular weight excluding hydrogens is 140 g/mol. The van der Waals surface area contributed by atoms with Gasteiger partial charge in [0.1, 0.15) is 0 Å². The van der Waals surface area contributed by atoms with Crippen LogP contribution in [0.2, 0.25) is 0 Å². The molecule has 3 nitrogen and oxygen atoms in total. The van der Waals surface area contributed by atoms with Crippen LogP contribution in [0.15, 0.2) is 17.2 Å². The molecule has 0 saturated heterocycles. The van der Waals surface area contributed by atoms with E-state index in [4.69, 9.17) is 6.42 Å². The maximum atomic E-state index is 11.0. The Kier molecular flexibility index (Phi) is 2.17. The summed E-state index contributed by atoms with van der Waals surface area (Å²) < 4.78 is 1.58. The van der Waals surface area contributed by atoms with Crippen molar-refractivity contribution in [2.75, 3.05) is 0 Å². The fraction of sp³-hybridized carbons (Fsp3) is 0.375. The zero-order chi connectivity index (χ0) is 8.27. The van der Waals surface area contributed by atoms with Crippen molar-refractivity contribution >= 4 is 0 Å². The average Bonchev–Trinajstić information content (AvgIpc) is 2.36. The number of hydrogen-bond donors (Lipinski definition) is 1. The number of aromatic nitrogens is 2. The van der Waals surface area contributed by atoms with Crippen LogP contribution in [0.25, 0.3) is 0 Å². The van der Waals surface area contributed by atoms with Crippen LogP contribution in [-0.4, -0.2) is 9.55 Å². The molecule has 11 heavy (non-hydrogen) atoms. The highest BCUT2D eigenvalue weighted by Gasteiger charge is 2.03. The van der Waals surface area contributed by atoms with Gasteiger partial charge in [-0.1, -0.05) is 0 Å². The summed E-state index contributed by atoms with van der Waals surface area (Å²) in [6, 6.07) is 0.0822. The van der Waals surface area contributed by atoms with Crippen LogP contribution in [0.5, 0.6) is 0 Å². The fourth-order valence-corrected chi connectivity index (χ4v) is 0.947. The molecule has 0 aromatic carbocycles. The average molecular weight is 150 g/mol. The van der Waals surface area contributed by atoms with Gasteiger partial charge in [-0.3, -0.25) is 4.57 Å². The first-order valence-corrected chi connectivity index (χ1v) is 3.44. The Morgan fingerprint density at radius 3 is 3.09 bits per heavy atom. The van der Waals surface area contributed by atoms with Gasteiger partial charge in [-0.05, 0) is 6.92 Å². The summed E-state index contributed by atoms with van der Waals surface area (Å²) >= 11 is 0. The van der Waals surface area contributed by atoms with Gasteiger partial charge in [0.15, 0.2) is 0 Å². The van der Waals surface area contributed by atoms with Crippen molar-refractivity contribution in [3.05, 3.63) is 22.9 Å². The zero-order valence-corrected chi connectivity index (χ0v) is 6.37. The summed E-state index contributed by atoms with van der Waals surface area (Å²) in [6.07, 6.45) is 9.00. The molecule has 0 saturated carbocycles. The van der Waals surface area contributed by atoms with Gasteiger partial charge in [0, 0.05) is 24.9 Å². The SMILES string of the molecule is C#CCC(C)n1cc[nH]c1=O. The van der Waals surface area contributed by atoms with Crippen molar-refractivity contribution in [3.63, 3.8) is 0 Å². The second-order valence-electron chi connectivity index (χ2n) is 2.43. The molecule has 0 bridgehead atoms. The number of rotatable bonds is 2. The van der Waals surface area contributed by atoms with E-state index in [0.717, 1.165) is 0 Å². The van der Waals surface area contributed by atoms with E-state index >= 15 is 0 Å². The molecule has 1 N–H and O–H groups in total. The van der Waals surface area contributed by atoms with Crippen LogP contribution in [-0.2, 0) is 0 Å². The molecule has 0 radical (unpaired) electrons. The van der Waals surface area contributed by atoms with Crippen molar-refractivity contribution in [2.45, 2.75) is 19.4 Å². The van der Waals surface area contributed by atoms with Gasteiger partial charge in [-0.2, -0.15) is 0 Å². The number of terminal acetylenes is 1. The minimum Gasteiger partial charge on any atom is -0.313 e. The molecule has 0 aliphatic rings. The lowest BCUT2D eigenvalue weighted by Gasteiger charge is -2.06. The van der Waals surface area contributed by atoms with Crippen molar-refractivity contribution in [3.8, 4) is 12.3 Å². The second-order valence-corrected chi connectivity index (χ2v) is 2.43. The third-order valence-electron chi connectivity index (χ3n) is 1.56. The van der Waals surface area contributed by atoms with E-state index in [9.17, 15) is 4.79 Å². The van der Waals surface area contributed by atoms with Crippen molar-refractivity contribution in [1.29, 1.82) is 0 Å². The Morgan fingerprint density at radius 2 is 2.64 bits per heavy atom. The molecule has 58 valence electrons. The summed E-state index contributed by atoms with van der Waals surface area (Å²) in [5.74, 6) is 2.51. The maximum Gasteiger partial charge on any atom is 0.325 e. The largest absolute Gasteiger partial charge is 0.325 e. The minimum absolute atomic E-state index is 0.0822. The molecule has 0 fully saturated rings. The molecular formula is C8H10N2O. The van der Waals surface area contributed by atoms with Crippen LogP contribution in [0, 0.1) is 12.3 Å². The molecule has 1 rings (SSSR count). The molecule has 1 unspecified atom stereocenters. The monoisotopic (exact) mass is 150 g/mol. The summed E-state index contributed by atoms with van der Waals surface area (Å²) in [5.41, 5.74) is -0.104. The smallest absolute Gasteiger partial charge is 0.313 e. The molecule has 1 atom stereocenters. The quantitative estimate of drug-likeness (QED) is 0.621. The number of aromatic amines is 1. The van der Waals surface area contributed by atoms with E-state index in [1.165, 1.54) is 0 Å². The van der Waals surface area contributed by atoms with Crippen LogP contribution < -0.4 is 5.69 Å². The normalized spacial score (nSPS) is 12.4. The topological polar surface area (TPSA) is 37.8 Å². The third kappa shape index (κ3) is 1.53. The van der Waals surface area contributed by atoms with E-state index in [-0.39, 0.29) is 11.7 Å². The first-order chi connectivity index (χ1) is 5.25. The standard InChI is InChI=1S/C8H10N2O/c1-3-4-7(2)10-6-5-9-8(10)11/h1,5-7H,4H2,2H3,(H,9,11). The van der Waals surface area contributed by atoms with Crippen molar-refractivity contribution in [1.82, 2.24) is 9.55 Å². The first kappa shape index (κ1) is 7.67. The molecule has 3 heteroatoms. The highest BCUT2D eigenvalue weighted by atomic mass is 16.1. The molecule has 0 spiro atoms. The molecule has 1 aromatic rings. The molecule has 0 aliphatic carbocycles. The number of H-pyrrole nitrogens is 1. The fourth-order valence-electron chi connectivity index (χ4n) is 0.947. The van der Waals surface area contributed by atoms with Crippen LogP contribution in [0.1, 0.15) is 19.4 Å². The van der Waals surface area contributed by atoms with E-state index in [0.29, 0.717) is 6.42 Å².